The highest BCUT2D eigenvalue weighted by molar-refractivity contribution is 6.35. The van der Waals surface area contributed by atoms with Crippen LogP contribution >= 0.6 is 11.6 Å². The molecule has 0 amide bonds. The van der Waals surface area contributed by atoms with Gasteiger partial charge in [0.05, 0.1) is 23.8 Å². The zero-order valence-corrected chi connectivity index (χ0v) is 12.3. The van der Waals surface area contributed by atoms with Gasteiger partial charge in [-0.15, -0.1) is 0 Å². The number of ether oxygens (including phenoxy) is 1. The fourth-order valence-electron chi connectivity index (χ4n) is 2.60. The second-order valence-electron chi connectivity index (χ2n) is 5.17. The summed E-state index contributed by atoms with van der Waals surface area (Å²) in [5, 5.41) is 1.84. The summed E-state index contributed by atoms with van der Waals surface area (Å²) in [5.41, 5.74) is 2.04. The summed E-state index contributed by atoms with van der Waals surface area (Å²) >= 11 is 6.20. The molecule has 3 nitrogen and oxygen atoms in total. The molecule has 1 aromatic heterocycles. The number of pyridine rings is 1. The van der Waals surface area contributed by atoms with E-state index < -0.39 is 0 Å². The first-order valence-corrected chi connectivity index (χ1v) is 7.55. The third kappa shape index (κ3) is 3.29. The van der Waals surface area contributed by atoms with Gasteiger partial charge in [0.15, 0.2) is 0 Å². The van der Waals surface area contributed by atoms with Gasteiger partial charge in [0.25, 0.3) is 0 Å². The van der Waals surface area contributed by atoms with Crippen LogP contribution in [-0.4, -0.2) is 42.7 Å². The Morgan fingerprint density at radius 1 is 1.15 bits per heavy atom. The number of rotatable bonds is 4. The molecule has 4 heteroatoms. The monoisotopic (exact) mass is 290 g/mol. The zero-order valence-electron chi connectivity index (χ0n) is 11.5. The summed E-state index contributed by atoms with van der Waals surface area (Å²) in [6.45, 7) is 4.95. The summed E-state index contributed by atoms with van der Waals surface area (Å²) in [4.78, 5) is 7.14. The van der Waals surface area contributed by atoms with E-state index in [1.165, 1.54) is 0 Å². The number of hydrogen-bond acceptors (Lipinski definition) is 3. The number of benzene rings is 1. The number of para-hydroxylation sites is 1. The van der Waals surface area contributed by atoms with E-state index in [1.54, 1.807) is 0 Å². The fraction of sp³-hybridized carbons (Fsp3) is 0.438. The Hall–Kier alpha value is -1.16. The van der Waals surface area contributed by atoms with Crippen molar-refractivity contribution in [1.82, 2.24) is 9.88 Å². The van der Waals surface area contributed by atoms with E-state index in [0.717, 1.165) is 67.3 Å². The lowest BCUT2D eigenvalue weighted by Crippen LogP contribution is -2.36. The van der Waals surface area contributed by atoms with Crippen LogP contribution < -0.4 is 0 Å². The number of morpholine rings is 1. The minimum Gasteiger partial charge on any atom is -0.379 e. The molecule has 1 aliphatic rings. The second-order valence-corrected chi connectivity index (χ2v) is 5.58. The number of aryl methyl sites for hydroxylation is 1. The van der Waals surface area contributed by atoms with Crippen LogP contribution in [0.3, 0.4) is 0 Å². The van der Waals surface area contributed by atoms with E-state index >= 15 is 0 Å². The lowest BCUT2D eigenvalue weighted by Gasteiger charge is -2.26. The Kier molecular flexibility index (Phi) is 4.51. The topological polar surface area (TPSA) is 25.4 Å². The average molecular weight is 291 g/mol. The van der Waals surface area contributed by atoms with Crippen LogP contribution in [0.2, 0.25) is 5.02 Å². The van der Waals surface area contributed by atoms with Crippen LogP contribution in [0.15, 0.2) is 30.3 Å². The number of aromatic nitrogens is 1. The molecular weight excluding hydrogens is 272 g/mol. The number of fused-ring (bicyclic) bond motifs is 1. The van der Waals surface area contributed by atoms with Crippen molar-refractivity contribution in [1.29, 1.82) is 0 Å². The zero-order chi connectivity index (χ0) is 13.8. The van der Waals surface area contributed by atoms with E-state index in [2.05, 4.69) is 22.0 Å². The summed E-state index contributed by atoms with van der Waals surface area (Å²) in [6, 6.07) is 10.1. The van der Waals surface area contributed by atoms with E-state index in [-0.39, 0.29) is 0 Å². The van der Waals surface area contributed by atoms with Crippen molar-refractivity contribution in [2.75, 3.05) is 32.8 Å². The first kappa shape index (κ1) is 13.8. The molecular formula is C16H19ClN2O. The first-order valence-electron chi connectivity index (χ1n) is 7.17. The molecule has 20 heavy (non-hydrogen) atoms. The van der Waals surface area contributed by atoms with E-state index in [4.69, 9.17) is 16.3 Å². The molecule has 2 heterocycles. The van der Waals surface area contributed by atoms with Gasteiger partial charge in [-0.2, -0.15) is 0 Å². The molecule has 0 aliphatic carbocycles. The number of halogens is 1. The number of nitrogens with zero attached hydrogens (tertiary/aromatic N) is 2. The van der Waals surface area contributed by atoms with Gasteiger partial charge >= 0.3 is 0 Å². The predicted octanol–water partition coefficient (Wildman–Crippen LogP) is 3.15. The maximum atomic E-state index is 6.20. The first-order chi connectivity index (χ1) is 9.83. The van der Waals surface area contributed by atoms with Gasteiger partial charge in [0, 0.05) is 24.2 Å². The Bertz CT molecular complexity index is 582. The molecule has 1 fully saturated rings. The van der Waals surface area contributed by atoms with Gasteiger partial charge < -0.3 is 4.74 Å². The van der Waals surface area contributed by atoms with Crippen molar-refractivity contribution in [3.05, 3.63) is 41.0 Å². The minimum absolute atomic E-state index is 0.734. The van der Waals surface area contributed by atoms with Crippen LogP contribution in [0.1, 0.15) is 12.1 Å². The molecule has 0 atom stereocenters. The fourth-order valence-corrected chi connectivity index (χ4v) is 2.82. The Labute approximate surface area is 124 Å². The minimum atomic E-state index is 0.734. The van der Waals surface area contributed by atoms with Crippen LogP contribution in [0, 0.1) is 0 Å². The maximum Gasteiger partial charge on any atom is 0.0891 e. The molecule has 1 aliphatic heterocycles. The Morgan fingerprint density at radius 2 is 2.00 bits per heavy atom. The van der Waals surface area contributed by atoms with E-state index in [1.807, 2.05) is 18.2 Å². The standard InChI is InChI=1S/C16H19ClN2O/c17-15-5-1-3-13-6-7-14(18-16(13)15)4-2-8-19-9-11-20-12-10-19/h1,3,5-7H,2,4,8-12H2. The van der Waals surface area contributed by atoms with Crippen molar-refractivity contribution in [3.63, 3.8) is 0 Å². The van der Waals surface area contributed by atoms with Crippen LogP contribution in [0.5, 0.6) is 0 Å². The van der Waals surface area contributed by atoms with Crippen molar-refractivity contribution in [2.24, 2.45) is 0 Å². The Balaban J connectivity index is 1.61. The highest BCUT2D eigenvalue weighted by Gasteiger charge is 2.09. The van der Waals surface area contributed by atoms with Gasteiger partial charge in [-0.1, -0.05) is 29.8 Å². The lowest BCUT2D eigenvalue weighted by atomic mass is 10.1. The highest BCUT2D eigenvalue weighted by atomic mass is 35.5. The molecule has 0 saturated carbocycles. The summed E-state index contributed by atoms with van der Waals surface area (Å²) in [7, 11) is 0. The van der Waals surface area contributed by atoms with Crippen molar-refractivity contribution < 1.29 is 4.74 Å². The van der Waals surface area contributed by atoms with Gasteiger partial charge in [-0.05, 0) is 31.5 Å². The number of hydrogen-bond donors (Lipinski definition) is 0. The van der Waals surface area contributed by atoms with Crippen molar-refractivity contribution in [3.8, 4) is 0 Å². The van der Waals surface area contributed by atoms with Gasteiger partial charge in [-0.25, -0.2) is 0 Å². The predicted molar refractivity (Wildman–Crippen MR) is 82.3 cm³/mol. The molecule has 0 spiro atoms. The van der Waals surface area contributed by atoms with E-state index in [9.17, 15) is 0 Å². The van der Waals surface area contributed by atoms with Crippen LogP contribution in [0.25, 0.3) is 10.9 Å². The van der Waals surface area contributed by atoms with Gasteiger partial charge in [-0.3, -0.25) is 9.88 Å². The third-order valence-corrected chi connectivity index (χ3v) is 4.04. The molecule has 1 aromatic carbocycles. The summed E-state index contributed by atoms with van der Waals surface area (Å²) in [6.07, 6.45) is 2.13. The third-order valence-electron chi connectivity index (χ3n) is 3.74. The summed E-state index contributed by atoms with van der Waals surface area (Å²) < 4.78 is 5.36. The van der Waals surface area contributed by atoms with E-state index in [0.29, 0.717) is 0 Å². The molecule has 0 unspecified atom stereocenters. The molecule has 0 N–H and O–H groups in total. The quantitative estimate of drug-likeness (QED) is 0.865. The molecule has 2 aromatic rings. The Morgan fingerprint density at radius 3 is 2.85 bits per heavy atom. The normalized spacial score (nSPS) is 16.6. The maximum absolute atomic E-state index is 6.20. The average Bonchev–Trinajstić information content (AvgIpc) is 2.49. The van der Waals surface area contributed by atoms with Gasteiger partial charge in [0.2, 0.25) is 0 Å². The highest BCUT2D eigenvalue weighted by Crippen LogP contribution is 2.21. The van der Waals surface area contributed by atoms with Crippen molar-refractivity contribution in [2.45, 2.75) is 12.8 Å². The van der Waals surface area contributed by atoms with Crippen LogP contribution in [-0.2, 0) is 11.2 Å². The summed E-state index contributed by atoms with van der Waals surface area (Å²) in [5.74, 6) is 0. The van der Waals surface area contributed by atoms with Gasteiger partial charge in [0.1, 0.15) is 0 Å². The van der Waals surface area contributed by atoms with Crippen LogP contribution in [0.4, 0.5) is 0 Å². The molecule has 106 valence electrons. The largest absolute Gasteiger partial charge is 0.379 e. The SMILES string of the molecule is Clc1cccc2ccc(CCCN3CCOCC3)nc12. The molecule has 1 saturated heterocycles. The second kappa shape index (κ2) is 6.53. The van der Waals surface area contributed by atoms with Crippen molar-refractivity contribution >= 4 is 22.5 Å². The lowest BCUT2D eigenvalue weighted by molar-refractivity contribution is 0.0374. The smallest absolute Gasteiger partial charge is 0.0891 e. The molecule has 0 radical (unpaired) electrons. The molecule has 3 rings (SSSR count). The molecule has 0 bridgehead atoms.